The molecule has 2 aliphatic heterocycles. The molecule has 2 saturated heterocycles. The molecule has 3 atom stereocenters. The van der Waals surface area contributed by atoms with E-state index in [2.05, 4.69) is 15.1 Å². The first-order chi connectivity index (χ1) is 12.2. The van der Waals surface area contributed by atoms with Crippen molar-refractivity contribution in [3.63, 3.8) is 0 Å². The number of nitrogens with zero attached hydrogens (tertiary/aromatic N) is 4. The van der Waals surface area contributed by atoms with Crippen LogP contribution in [0.15, 0.2) is 22.9 Å². The first kappa shape index (κ1) is 16.0. The summed E-state index contributed by atoms with van der Waals surface area (Å²) in [6, 6.07) is 3.48. The minimum absolute atomic E-state index is 0.0218. The zero-order valence-electron chi connectivity index (χ0n) is 14.2. The fourth-order valence-electron chi connectivity index (χ4n) is 3.77. The Kier molecular flexibility index (Phi) is 4.12. The van der Waals surface area contributed by atoms with E-state index in [0.717, 1.165) is 0 Å². The first-order valence-electron chi connectivity index (χ1n) is 8.33. The van der Waals surface area contributed by atoms with Gasteiger partial charge in [0.15, 0.2) is 5.82 Å². The molecule has 0 bridgehead atoms. The predicted molar refractivity (Wildman–Crippen MR) is 86.3 cm³/mol. The highest BCUT2D eigenvalue weighted by molar-refractivity contribution is 5.96. The number of pyridine rings is 1. The molecular weight excluding hydrogens is 324 g/mol. The molecule has 0 saturated carbocycles. The summed E-state index contributed by atoms with van der Waals surface area (Å²) in [6.45, 7) is 4.26. The number of hydrogen-bond donors (Lipinski definition) is 0. The van der Waals surface area contributed by atoms with E-state index >= 15 is 0 Å². The lowest BCUT2D eigenvalue weighted by molar-refractivity contribution is 0.00992. The Morgan fingerprint density at radius 3 is 3.00 bits per heavy atom. The monoisotopic (exact) mass is 344 g/mol. The lowest BCUT2D eigenvalue weighted by Crippen LogP contribution is -2.33. The Morgan fingerprint density at radius 1 is 1.36 bits per heavy atom. The standard InChI is InChI=1S/C17H20N4O4/c1-10-19-16(25-20-10)14-9-24-8-11-6-21(7-13(11)14)17(22)12-4-3-5-18-15(12)23-2/h3-5,11,13-14H,6-9H2,1-2H3/t11-,13-,14+/m1/s1. The van der Waals surface area contributed by atoms with Crippen molar-refractivity contribution in [1.29, 1.82) is 0 Å². The highest BCUT2D eigenvalue weighted by atomic mass is 16.5. The topological polar surface area (TPSA) is 90.6 Å². The van der Waals surface area contributed by atoms with Crippen molar-refractivity contribution in [2.45, 2.75) is 12.8 Å². The summed E-state index contributed by atoms with van der Waals surface area (Å²) >= 11 is 0. The minimum atomic E-state index is -0.0696. The van der Waals surface area contributed by atoms with E-state index in [4.69, 9.17) is 14.0 Å². The maximum absolute atomic E-state index is 12.9. The summed E-state index contributed by atoms with van der Waals surface area (Å²) in [5, 5.41) is 3.88. The Balaban J connectivity index is 1.56. The zero-order chi connectivity index (χ0) is 17.4. The lowest BCUT2D eigenvalue weighted by Gasteiger charge is -2.30. The van der Waals surface area contributed by atoms with Gasteiger partial charge in [-0.1, -0.05) is 5.16 Å². The van der Waals surface area contributed by atoms with Gasteiger partial charge in [0.1, 0.15) is 5.56 Å². The predicted octanol–water partition coefficient (Wildman–Crippen LogP) is 1.28. The SMILES string of the molecule is COc1ncccc1C(=O)N1C[C@@H]2COC[C@H](c3nc(C)no3)[C@@H]2C1. The molecule has 2 aliphatic rings. The van der Waals surface area contributed by atoms with Crippen molar-refractivity contribution in [2.24, 2.45) is 11.8 Å². The van der Waals surface area contributed by atoms with Gasteiger partial charge < -0.3 is 18.9 Å². The molecule has 4 heterocycles. The quantitative estimate of drug-likeness (QED) is 0.828. The van der Waals surface area contributed by atoms with Crippen LogP contribution in [0.1, 0.15) is 28.0 Å². The van der Waals surface area contributed by atoms with Crippen LogP contribution in [0.4, 0.5) is 0 Å². The van der Waals surface area contributed by atoms with Gasteiger partial charge in [-0.2, -0.15) is 4.98 Å². The van der Waals surface area contributed by atoms with Crippen LogP contribution in [-0.2, 0) is 4.74 Å². The molecule has 2 aromatic rings. The average molecular weight is 344 g/mol. The first-order valence-corrected chi connectivity index (χ1v) is 8.33. The molecule has 8 nitrogen and oxygen atoms in total. The van der Waals surface area contributed by atoms with E-state index in [1.54, 1.807) is 25.3 Å². The Labute approximate surface area is 145 Å². The Bertz CT molecular complexity index is 778. The second kappa shape index (κ2) is 6.44. The molecule has 0 radical (unpaired) electrons. The van der Waals surface area contributed by atoms with E-state index in [1.165, 1.54) is 7.11 Å². The van der Waals surface area contributed by atoms with Crippen LogP contribution in [0.3, 0.4) is 0 Å². The molecule has 4 rings (SSSR count). The second-order valence-corrected chi connectivity index (χ2v) is 6.52. The summed E-state index contributed by atoms with van der Waals surface area (Å²) < 4.78 is 16.3. The second-order valence-electron chi connectivity index (χ2n) is 6.52. The third-order valence-corrected chi connectivity index (χ3v) is 4.98. The number of rotatable bonds is 3. The van der Waals surface area contributed by atoms with Gasteiger partial charge in [0.2, 0.25) is 11.8 Å². The summed E-state index contributed by atoms with van der Waals surface area (Å²) in [7, 11) is 1.52. The molecule has 25 heavy (non-hydrogen) atoms. The van der Waals surface area contributed by atoms with E-state index in [0.29, 0.717) is 49.5 Å². The normalized spacial score (nSPS) is 25.7. The maximum Gasteiger partial charge on any atom is 0.259 e. The van der Waals surface area contributed by atoms with Gasteiger partial charge in [0.05, 0.1) is 26.2 Å². The Morgan fingerprint density at radius 2 is 2.24 bits per heavy atom. The van der Waals surface area contributed by atoms with Crippen LogP contribution >= 0.6 is 0 Å². The van der Waals surface area contributed by atoms with Crippen molar-refractivity contribution in [3.8, 4) is 5.88 Å². The van der Waals surface area contributed by atoms with Gasteiger partial charge in [-0.3, -0.25) is 4.79 Å². The highest BCUT2D eigenvalue weighted by Gasteiger charge is 2.45. The van der Waals surface area contributed by atoms with Crippen LogP contribution in [0, 0.1) is 18.8 Å². The van der Waals surface area contributed by atoms with Crippen LogP contribution in [0.25, 0.3) is 0 Å². The molecule has 0 aromatic carbocycles. The summed E-state index contributed by atoms with van der Waals surface area (Å²) in [5.41, 5.74) is 0.481. The van der Waals surface area contributed by atoms with Gasteiger partial charge in [-0.05, 0) is 25.0 Å². The van der Waals surface area contributed by atoms with E-state index in [9.17, 15) is 4.79 Å². The third-order valence-electron chi connectivity index (χ3n) is 4.98. The number of carbonyl (C=O) groups is 1. The summed E-state index contributed by atoms with van der Waals surface area (Å²) in [6.07, 6.45) is 1.61. The number of carbonyl (C=O) groups excluding carboxylic acids is 1. The molecule has 132 valence electrons. The number of hydrogen-bond acceptors (Lipinski definition) is 7. The van der Waals surface area contributed by atoms with E-state index in [1.807, 2.05) is 4.90 Å². The molecule has 2 fully saturated rings. The maximum atomic E-state index is 12.9. The van der Waals surface area contributed by atoms with Gasteiger partial charge >= 0.3 is 0 Å². The van der Waals surface area contributed by atoms with Gasteiger partial charge in [-0.25, -0.2) is 4.98 Å². The van der Waals surface area contributed by atoms with Gasteiger partial charge in [0, 0.05) is 25.2 Å². The molecule has 0 unspecified atom stereocenters. The number of aryl methyl sites for hydroxylation is 1. The number of methoxy groups -OCH3 is 1. The van der Waals surface area contributed by atoms with Crippen molar-refractivity contribution < 1.29 is 18.8 Å². The highest BCUT2D eigenvalue weighted by Crippen LogP contribution is 2.39. The molecule has 2 aromatic heterocycles. The van der Waals surface area contributed by atoms with E-state index in [-0.39, 0.29) is 23.7 Å². The zero-order valence-corrected chi connectivity index (χ0v) is 14.2. The van der Waals surface area contributed by atoms with Crippen molar-refractivity contribution in [1.82, 2.24) is 20.0 Å². The fraction of sp³-hybridized carbons (Fsp3) is 0.529. The minimum Gasteiger partial charge on any atom is -0.480 e. The summed E-state index contributed by atoms with van der Waals surface area (Å²) in [5.74, 6) is 2.03. The van der Waals surface area contributed by atoms with E-state index < -0.39 is 0 Å². The number of likely N-dealkylation sites (tertiary alicyclic amines) is 1. The molecule has 1 amide bonds. The molecular formula is C17H20N4O4. The largest absolute Gasteiger partial charge is 0.480 e. The van der Waals surface area contributed by atoms with Crippen LogP contribution in [0.2, 0.25) is 0 Å². The van der Waals surface area contributed by atoms with Crippen molar-refractivity contribution in [2.75, 3.05) is 33.4 Å². The third kappa shape index (κ3) is 2.86. The van der Waals surface area contributed by atoms with Gasteiger partial charge in [0.25, 0.3) is 5.91 Å². The smallest absolute Gasteiger partial charge is 0.259 e. The molecule has 0 aliphatic carbocycles. The average Bonchev–Trinajstić information content (AvgIpc) is 3.26. The number of amides is 1. The fourth-order valence-corrected chi connectivity index (χ4v) is 3.77. The molecule has 0 N–H and O–H groups in total. The van der Waals surface area contributed by atoms with Crippen molar-refractivity contribution in [3.05, 3.63) is 35.6 Å². The number of aromatic nitrogens is 3. The molecule has 8 heteroatoms. The van der Waals surface area contributed by atoms with Crippen LogP contribution < -0.4 is 4.74 Å². The van der Waals surface area contributed by atoms with Gasteiger partial charge in [-0.15, -0.1) is 0 Å². The molecule has 0 spiro atoms. The Hall–Kier alpha value is -2.48. The number of ether oxygens (including phenoxy) is 2. The number of fused-ring (bicyclic) bond motifs is 1. The van der Waals surface area contributed by atoms with Crippen molar-refractivity contribution >= 4 is 5.91 Å². The van der Waals surface area contributed by atoms with Crippen LogP contribution in [0.5, 0.6) is 5.88 Å². The summed E-state index contributed by atoms with van der Waals surface area (Å²) in [4.78, 5) is 23.3. The lowest BCUT2D eigenvalue weighted by atomic mass is 9.83. The van der Waals surface area contributed by atoms with Crippen LogP contribution in [-0.4, -0.2) is 59.3 Å².